The maximum Gasteiger partial charge on any atom is 0.338 e. The van der Waals surface area contributed by atoms with Gasteiger partial charge in [-0.2, -0.15) is 0 Å². The SMILES string of the molecule is CCOC(=O)c1ccc(O)c(NS(=O)(=O)CC)c1. The molecule has 0 fully saturated rings. The van der Waals surface area contributed by atoms with Gasteiger partial charge in [0.2, 0.25) is 10.0 Å². The maximum absolute atomic E-state index is 11.5. The van der Waals surface area contributed by atoms with Gasteiger partial charge in [0.1, 0.15) is 5.75 Å². The van der Waals surface area contributed by atoms with Crippen molar-refractivity contribution in [2.45, 2.75) is 13.8 Å². The number of rotatable bonds is 5. The highest BCUT2D eigenvalue weighted by molar-refractivity contribution is 7.92. The second-order valence-electron chi connectivity index (χ2n) is 3.46. The Bertz CT molecular complexity index is 538. The van der Waals surface area contributed by atoms with Crippen LogP contribution >= 0.6 is 0 Å². The van der Waals surface area contributed by atoms with E-state index in [0.29, 0.717) is 0 Å². The summed E-state index contributed by atoms with van der Waals surface area (Å²) in [6, 6.07) is 3.83. The first kappa shape index (κ1) is 14.3. The number of aromatic hydroxyl groups is 1. The predicted molar refractivity (Wildman–Crippen MR) is 67.1 cm³/mol. The highest BCUT2D eigenvalue weighted by Crippen LogP contribution is 2.25. The lowest BCUT2D eigenvalue weighted by molar-refractivity contribution is 0.0526. The number of benzene rings is 1. The second kappa shape index (κ2) is 5.72. The van der Waals surface area contributed by atoms with Gasteiger partial charge in [-0.1, -0.05) is 0 Å². The fraction of sp³-hybridized carbons (Fsp3) is 0.364. The van der Waals surface area contributed by atoms with Crippen LogP contribution in [0.4, 0.5) is 5.69 Å². The van der Waals surface area contributed by atoms with Crippen molar-refractivity contribution in [3.05, 3.63) is 23.8 Å². The van der Waals surface area contributed by atoms with E-state index in [-0.39, 0.29) is 29.4 Å². The van der Waals surface area contributed by atoms with Gasteiger partial charge in [-0.15, -0.1) is 0 Å². The first-order valence-electron chi connectivity index (χ1n) is 5.40. The van der Waals surface area contributed by atoms with Crippen LogP contribution in [-0.2, 0) is 14.8 Å². The Kier molecular flexibility index (Phi) is 4.55. The Morgan fingerprint density at radius 1 is 1.39 bits per heavy atom. The molecule has 0 amide bonds. The van der Waals surface area contributed by atoms with Crippen molar-refractivity contribution >= 4 is 21.7 Å². The normalized spacial score (nSPS) is 11.0. The van der Waals surface area contributed by atoms with Gasteiger partial charge >= 0.3 is 5.97 Å². The molecule has 0 unspecified atom stereocenters. The van der Waals surface area contributed by atoms with E-state index >= 15 is 0 Å². The molecule has 0 spiro atoms. The monoisotopic (exact) mass is 273 g/mol. The lowest BCUT2D eigenvalue weighted by Crippen LogP contribution is -2.15. The van der Waals surface area contributed by atoms with Crippen molar-refractivity contribution in [1.82, 2.24) is 0 Å². The summed E-state index contributed by atoms with van der Waals surface area (Å²) in [7, 11) is -3.51. The van der Waals surface area contributed by atoms with E-state index in [9.17, 15) is 18.3 Å². The minimum absolute atomic E-state index is 0.0394. The Labute approximate surface area is 106 Å². The van der Waals surface area contributed by atoms with Gasteiger partial charge in [-0.3, -0.25) is 4.72 Å². The molecule has 1 rings (SSSR count). The molecule has 0 atom stereocenters. The van der Waals surface area contributed by atoms with Crippen LogP contribution in [-0.4, -0.2) is 31.9 Å². The Balaban J connectivity index is 3.06. The summed E-state index contributed by atoms with van der Waals surface area (Å²) in [4.78, 5) is 11.5. The minimum Gasteiger partial charge on any atom is -0.506 e. The smallest absolute Gasteiger partial charge is 0.338 e. The average Bonchev–Trinajstić information content (AvgIpc) is 2.32. The molecule has 1 aromatic carbocycles. The van der Waals surface area contributed by atoms with E-state index in [1.54, 1.807) is 6.92 Å². The summed E-state index contributed by atoms with van der Waals surface area (Å²) < 4.78 is 29.7. The number of nitrogens with one attached hydrogen (secondary N) is 1. The van der Waals surface area contributed by atoms with E-state index in [4.69, 9.17) is 4.74 Å². The number of phenols is 1. The highest BCUT2D eigenvalue weighted by atomic mass is 32.2. The summed E-state index contributed by atoms with van der Waals surface area (Å²) in [6.45, 7) is 3.35. The summed E-state index contributed by atoms with van der Waals surface area (Å²) in [5.41, 5.74) is 0.130. The molecular weight excluding hydrogens is 258 g/mol. The molecule has 0 aromatic heterocycles. The number of phenolic OH excluding ortho intramolecular Hbond substituents is 1. The number of anilines is 1. The highest BCUT2D eigenvalue weighted by Gasteiger charge is 2.14. The Morgan fingerprint density at radius 3 is 2.61 bits per heavy atom. The van der Waals surface area contributed by atoms with Crippen LogP contribution in [0.3, 0.4) is 0 Å². The zero-order valence-corrected chi connectivity index (χ0v) is 11.0. The standard InChI is InChI=1S/C11H15NO5S/c1-3-17-11(14)8-5-6-10(13)9(7-8)12-18(15,16)4-2/h5-7,12-13H,3-4H2,1-2H3. The minimum atomic E-state index is -3.51. The van der Waals surface area contributed by atoms with Gasteiger partial charge in [0.25, 0.3) is 0 Å². The molecule has 0 aliphatic rings. The third kappa shape index (κ3) is 3.63. The van der Waals surface area contributed by atoms with Crippen molar-refractivity contribution < 1.29 is 23.1 Å². The lowest BCUT2D eigenvalue weighted by atomic mass is 10.2. The first-order valence-corrected chi connectivity index (χ1v) is 7.05. The van der Waals surface area contributed by atoms with E-state index in [2.05, 4.69) is 4.72 Å². The summed E-state index contributed by atoms with van der Waals surface area (Å²) >= 11 is 0. The number of carbonyl (C=O) groups excluding carboxylic acids is 1. The molecule has 6 nitrogen and oxygen atoms in total. The molecule has 0 aliphatic carbocycles. The number of sulfonamides is 1. The lowest BCUT2D eigenvalue weighted by Gasteiger charge is -2.09. The number of hydrogen-bond acceptors (Lipinski definition) is 5. The van der Waals surface area contributed by atoms with Crippen LogP contribution in [0.2, 0.25) is 0 Å². The number of hydrogen-bond donors (Lipinski definition) is 2. The molecule has 0 aliphatic heterocycles. The van der Waals surface area contributed by atoms with E-state index in [1.807, 2.05) is 0 Å². The summed E-state index contributed by atoms with van der Waals surface area (Å²) in [6.07, 6.45) is 0. The molecular formula is C11H15NO5S. The van der Waals surface area contributed by atoms with Crippen molar-refractivity contribution in [3.63, 3.8) is 0 Å². The van der Waals surface area contributed by atoms with Crippen molar-refractivity contribution in [2.75, 3.05) is 17.1 Å². The van der Waals surface area contributed by atoms with Gasteiger partial charge in [-0.05, 0) is 32.0 Å². The molecule has 7 heteroatoms. The quantitative estimate of drug-likeness (QED) is 0.623. The molecule has 18 heavy (non-hydrogen) atoms. The predicted octanol–water partition coefficient (Wildman–Crippen LogP) is 1.33. The van der Waals surface area contributed by atoms with Gasteiger partial charge in [0.05, 0.1) is 23.6 Å². The van der Waals surface area contributed by atoms with Gasteiger partial charge in [0.15, 0.2) is 0 Å². The van der Waals surface area contributed by atoms with Gasteiger partial charge in [0, 0.05) is 0 Å². The van der Waals surface area contributed by atoms with Crippen molar-refractivity contribution in [2.24, 2.45) is 0 Å². The summed E-state index contributed by atoms with van der Waals surface area (Å²) in [5.74, 6) is -0.953. The van der Waals surface area contributed by atoms with Crippen molar-refractivity contribution in [3.8, 4) is 5.75 Å². The third-order valence-electron chi connectivity index (χ3n) is 2.15. The second-order valence-corrected chi connectivity index (χ2v) is 5.47. The average molecular weight is 273 g/mol. The zero-order chi connectivity index (χ0) is 13.8. The van der Waals surface area contributed by atoms with Crippen LogP contribution in [0.25, 0.3) is 0 Å². The van der Waals surface area contributed by atoms with Crippen LogP contribution < -0.4 is 4.72 Å². The molecule has 0 saturated carbocycles. The fourth-order valence-corrected chi connectivity index (χ4v) is 1.84. The van der Waals surface area contributed by atoms with E-state index in [0.717, 1.165) is 0 Å². The van der Waals surface area contributed by atoms with Crippen LogP contribution in [0.1, 0.15) is 24.2 Å². The topological polar surface area (TPSA) is 92.7 Å². The molecule has 0 bridgehead atoms. The first-order chi connectivity index (χ1) is 8.39. The fourth-order valence-electron chi connectivity index (χ4n) is 1.20. The third-order valence-corrected chi connectivity index (χ3v) is 3.44. The molecule has 0 saturated heterocycles. The van der Waals surface area contributed by atoms with Crippen LogP contribution in [0, 0.1) is 0 Å². The maximum atomic E-state index is 11.5. The van der Waals surface area contributed by atoms with Crippen molar-refractivity contribution in [1.29, 1.82) is 0 Å². The summed E-state index contributed by atoms with van der Waals surface area (Å²) in [5, 5.41) is 9.53. The van der Waals surface area contributed by atoms with Gasteiger partial charge in [-0.25, -0.2) is 13.2 Å². The Hall–Kier alpha value is -1.76. The molecule has 2 N–H and O–H groups in total. The van der Waals surface area contributed by atoms with Crippen LogP contribution in [0.15, 0.2) is 18.2 Å². The zero-order valence-electron chi connectivity index (χ0n) is 10.1. The molecule has 1 aromatic rings. The van der Waals surface area contributed by atoms with Crippen LogP contribution in [0.5, 0.6) is 5.75 Å². The number of esters is 1. The Morgan fingerprint density at radius 2 is 2.06 bits per heavy atom. The number of ether oxygens (including phenoxy) is 1. The largest absolute Gasteiger partial charge is 0.506 e. The molecule has 0 heterocycles. The van der Waals surface area contributed by atoms with E-state index in [1.165, 1.54) is 25.1 Å². The van der Waals surface area contributed by atoms with E-state index < -0.39 is 16.0 Å². The number of carbonyl (C=O) groups is 1. The molecule has 100 valence electrons. The van der Waals surface area contributed by atoms with Gasteiger partial charge < -0.3 is 9.84 Å². The molecule has 0 radical (unpaired) electrons.